The monoisotopic (exact) mass is 357 g/mol. The molecule has 0 aliphatic carbocycles. The molecule has 3 aromatic rings. The molecule has 3 aromatic carbocycles. The van der Waals surface area contributed by atoms with Gasteiger partial charge in [0.05, 0.1) is 6.04 Å². The van der Waals surface area contributed by atoms with Crippen LogP contribution in [0, 0.1) is 0 Å². The molecule has 27 heavy (non-hydrogen) atoms. The molecule has 3 heteroatoms. The molecule has 0 aromatic heterocycles. The van der Waals surface area contributed by atoms with Crippen LogP contribution in [-0.2, 0) is 22.5 Å². The van der Waals surface area contributed by atoms with E-state index in [1.54, 1.807) is 0 Å². The fraction of sp³-hybridized carbons (Fsp3) is 0.208. The van der Waals surface area contributed by atoms with Gasteiger partial charge in [-0.05, 0) is 23.1 Å². The Bertz CT molecular complexity index is 865. The highest BCUT2D eigenvalue weighted by atomic mass is 16.5. The number of benzene rings is 3. The van der Waals surface area contributed by atoms with E-state index in [1.807, 2.05) is 54.6 Å². The molecule has 0 N–H and O–H groups in total. The molecule has 0 bridgehead atoms. The number of morpholine rings is 1. The predicted molar refractivity (Wildman–Crippen MR) is 106 cm³/mol. The minimum Gasteiger partial charge on any atom is -0.462 e. The Morgan fingerprint density at radius 1 is 0.778 bits per heavy atom. The first-order chi connectivity index (χ1) is 13.3. The minimum atomic E-state index is -0.299. The molecule has 0 radical (unpaired) electrons. The largest absolute Gasteiger partial charge is 0.462 e. The average molecular weight is 357 g/mol. The molecule has 0 spiro atoms. The zero-order chi connectivity index (χ0) is 18.5. The zero-order valence-electron chi connectivity index (χ0n) is 15.2. The Kier molecular flexibility index (Phi) is 5.31. The van der Waals surface area contributed by atoms with E-state index in [-0.39, 0.29) is 18.1 Å². The van der Waals surface area contributed by atoms with Crippen molar-refractivity contribution in [2.45, 2.75) is 25.0 Å². The molecule has 4 rings (SSSR count). The maximum absolute atomic E-state index is 12.7. The molecule has 136 valence electrons. The second-order valence-corrected chi connectivity index (χ2v) is 6.92. The number of ether oxygens (including phenoxy) is 1. The predicted octanol–water partition coefficient (Wildman–Crippen LogP) is 4.40. The number of hydrogen-bond acceptors (Lipinski definition) is 3. The normalized spacial score (nSPS) is 20.2. The number of hydrogen-bond donors (Lipinski definition) is 0. The summed E-state index contributed by atoms with van der Waals surface area (Å²) in [4.78, 5) is 15.0. The fourth-order valence-corrected chi connectivity index (χ4v) is 3.72. The third kappa shape index (κ3) is 4.09. The topological polar surface area (TPSA) is 29.5 Å². The third-order valence-corrected chi connectivity index (χ3v) is 5.12. The summed E-state index contributed by atoms with van der Waals surface area (Å²) in [6, 6.07) is 30.6. The molecular formula is C24H23NO2. The van der Waals surface area contributed by atoms with Gasteiger partial charge in [0.1, 0.15) is 12.6 Å². The van der Waals surface area contributed by atoms with E-state index in [1.165, 1.54) is 11.1 Å². The van der Waals surface area contributed by atoms with Gasteiger partial charge >= 0.3 is 5.97 Å². The first-order valence-corrected chi connectivity index (χ1v) is 9.36. The number of carbonyl (C=O) groups is 1. The first kappa shape index (κ1) is 17.5. The Labute approximate surface area is 160 Å². The SMILES string of the molecule is O=C1OC[C@@H](c2ccccc2)N(Cc2ccccc2)C1Cc1ccccc1. The van der Waals surface area contributed by atoms with Gasteiger partial charge in [-0.1, -0.05) is 91.0 Å². The highest BCUT2D eigenvalue weighted by molar-refractivity contribution is 5.77. The number of esters is 1. The van der Waals surface area contributed by atoms with Crippen molar-refractivity contribution >= 4 is 5.97 Å². The van der Waals surface area contributed by atoms with Crippen molar-refractivity contribution in [3.63, 3.8) is 0 Å². The van der Waals surface area contributed by atoms with E-state index >= 15 is 0 Å². The van der Waals surface area contributed by atoms with Crippen molar-refractivity contribution in [3.05, 3.63) is 108 Å². The Balaban J connectivity index is 1.68. The van der Waals surface area contributed by atoms with Gasteiger partial charge in [0.25, 0.3) is 0 Å². The summed E-state index contributed by atoms with van der Waals surface area (Å²) >= 11 is 0. The third-order valence-electron chi connectivity index (χ3n) is 5.12. The summed E-state index contributed by atoms with van der Waals surface area (Å²) < 4.78 is 5.62. The number of cyclic esters (lactones) is 1. The first-order valence-electron chi connectivity index (χ1n) is 9.36. The van der Waals surface area contributed by atoms with Gasteiger partial charge in [-0.15, -0.1) is 0 Å². The standard InChI is InChI=1S/C24H23NO2/c26-24-22(16-19-10-4-1-5-11-19)25(17-20-12-6-2-7-13-20)23(18-27-24)21-14-8-3-9-15-21/h1-15,22-23H,16-18H2/t22?,23-/m0/s1. The van der Waals surface area contributed by atoms with Gasteiger partial charge < -0.3 is 4.74 Å². The Morgan fingerprint density at radius 3 is 1.96 bits per heavy atom. The van der Waals surface area contributed by atoms with Crippen LogP contribution in [0.3, 0.4) is 0 Å². The van der Waals surface area contributed by atoms with E-state index < -0.39 is 0 Å². The van der Waals surface area contributed by atoms with Crippen molar-refractivity contribution in [3.8, 4) is 0 Å². The summed E-state index contributed by atoms with van der Waals surface area (Å²) in [5.74, 6) is -0.137. The van der Waals surface area contributed by atoms with Crippen LogP contribution in [-0.4, -0.2) is 23.5 Å². The summed E-state index contributed by atoms with van der Waals surface area (Å²) in [6.45, 7) is 1.11. The van der Waals surface area contributed by atoms with Gasteiger partial charge in [-0.25, -0.2) is 0 Å². The highest BCUT2D eigenvalue weighted by Crippen LogP contribution is 2.31. The lowest BCUT2D eigenvalue weighted by atomic mass is 9.96. The minimum absolute atomic E-state index is 0.0535. The molecule has 3 nitrogen and oxygen atoms in total. The highest BCUT2D eigenvalue weighted by Gasteiger charge is 2.38. The van der Waals surface area contributed by atoms with Crippen LogP contribution in [0.4, 0.5) is 0 Å². The van der Waals surface area contributed by atoms with E-state index in [4.69, 9.17) is 4.74 Å². The van der Waals surface area contributed by atoms with Crippen LogP contribution in [0.15, 0.2) is 91.0 Å². The molecule has 1 unspecified atom stereocenters. The Morgan fingerprint density at radius 2 is 1.33 bits per heavy atom. The molecule has 1 saturated heterocycles. The van der Waals surface area contributed by atoms with E-state index in [9.17, 15) is 4.79 Å². The lowest BCUT2D eigenvalue weighted by Gasteiger charge is -2.41. The average Bonchev–Trinajstić information content (AvgIpc) is 2.73. The number of rotatable bonds is 5. The van der Waals surface area contributed by atoms with E-state index in [0.29, 0.717) is 19.6 Å². The summed E-state index contributed by atoms with van der Waals surface area (Å²) in [7, 11) is 0. The van der Waals surface area contributed by atoms with Crippen LogP contribution in [0.1, 0.15) is 22.7 Å². The molecule has 1 aliphatic rings. The van der Waals surface area contributed by atoms with Crippen molar-refractivity contribution < 1.29 is 9.53 Å². The molecule has 2 atom stereocenters. The molecule has 1 heterocycles. The quantitative estimate of drug-likeness (QED) is 0.634. The van der Waals surface area contributed by atoms with Crippen LogP contribution in [0.2, 0.25) is 0 Å². The van der Waals surface area contributed by atoms with Gasteiger partial charge in [-0.3, -0.25) is 9.69 Å². The van der Waals surface area contributed by atoms with Crippen molar-refractivity contribution in [2.75, 3.05) is 6.61 Å². The maximum atomic E-state index is 12.7. The van der Waals surface area contributed by atoms with Crippen LogP contribution in [0.5, 0.6) is 0 Å². The lowest BCUT2D eigenvalue weighted by molar-refractivity contribution is -0.163. The lowest BCUT2D eigenvalue weighted by Crippen LogP contribution is -2.51. The fourth-order valence-electron chi connectivity index (χ4n) is 3.72. The smallest absolute Gasteiger partial charge is 0.323 e. The summed E-state index contributed by atoms with van der Waals surface area (Å²) in [5.41, 5.74) is 3.52. The summed E-state index contributed by atoms with van der Waals surface area (Å²) in [5, 5.41) is 0. The van der Waals surface area contributed by atoms with Gasteiger partial charge in [-0.2, -0.15) is 0 Å². The molecule has 1 fully saturated rings. The van der Waals surface area contributed by atoms with Gasteiger partial charge in [0.15, 0.2) is 0 Å². The van der Waals surface area contributed by atoms with Crippen LogP contribution < -0.4 is 0 Å². The van der Waals surface area contributed by atoms with Crippen molar-refractivity contribution in [1.29, 1.82) is 0 Å². The second kappa shape index (κ2) is 8.19. The van der Waals surface area contributed by atoms with Crippen LogP contribution >= 0.6 is 0 Å². The number of carbonyl (C=O) groups excluding carboxylic acids is 1. The molecule has 0 amide bonds. The number of nitrogens with zero attached hydrogens (tertiary/aromatic N) is 1. The van der Waals surface area contributed by atoms with Crippen LogP contribution in [0.25, 0.3) is 0 Å². The van der Waals surface area contributed by atoms with Crippen molar-refractivity contribution in [2.24, 2.45) is 0 Å². The zero-order valence-corrected chi connectivity index (χ0v) is 15.2. The van der Waals surface area contributed by atoms with E-state index in [0.717, 1.165) is 5.56 Å². The van der Waals surface area contributed by atoms with Gasteiger partial charge in [0, 0.05) is 6.54 Å². The maximum Gasteiger partial charge on any atom is 0.323 e. The Hall–Kier alpha value is -2.91. The van der Waals surface area contributed by atoms with Gasteiger partial charge in [0.2, 0.25) is 0 Å². The molecular weight excluding hydrogens is 334 g/mol. The second-order valence-electron chi connectivity index (χ2n) is 6.92. The molecule has 0 saturated carbocycles. The molecule has 1 aliphatic heterocycles. The van der Waals surface area contributed by atoms with E-state index in [2.05, 4.69) is 41.3 Å². The summed E-state index contributed by atoms with van der Waals surface area (Å²) in [6.07, 6.45) is 0.649. The van der Waals surface area contributed by atoms with Crippen molar-refractivity contribution in [1.82, 2.24) is 4.90 Å².